The average molecular weight is 308 g/mol. The number of nitrogens with zero attached hydrogens (tertiary/aromatic N) is 4. The van der Waals surface area contributed by atoms with Crippen molar-refractivity contribution in [1.29, 1.82) is 0 Å². The Labute approximate surface area is 122 Å². The lowest BCUT2D eigenvalue weighted by Crippen LogP contribution is -2.46. The lowest BCUT2D eigenvalue weighted by atomic mass is 10.2. The molecule has 1 atom stereocenters. The van der Waals surface area contributed by atoms with Gasteiger partial charge < -0.3 is 9.42 Å². The molecule has 7 nitrogen and oxygen atoms in total. The summed E-state index contributed by atoms with van der Waals surface area (Å²) < 4.78 is 28.9. The molecule has 0 saturated carbocycles. The lowest BCUT2D eigenvalue weighted by molar-refractivity contribution is 0.425. The standard InChI is InChI=1S/C13H16N4O3S/c1-9-8-17(6-7-21(9,18)19)12-11(4-3-5-14-12)13-15-10(2)16-20-13/h3-5,9H,6-8H2,1-2H3/t9-/m0/s1. The van der Waals surface area contributed by atoms with Crippen LogP contribution in [0.15, 0.2) is 22.9 Å². The second kappa shape index (κ2) is 5.10. The highest BCUT2D eigenvalue weighted by Gasteiger charge is 2.31. The Bertz CT molecular complexity index is 756. The van der Waals surface area contributed by atoms with Gasteiger partial charge in [0, 0.05) is 19.3 Å². The van der Waals surface area contributed by atoms with Crippen molar-refractivity contribution in [3.63, 3.8) is 0 Å². The molecule has 112 valence electrons. The summed E-state index contributed by atoms with van der Waals surface area (Å²) in [6.45, 7) is 4.31. The van der Waals surface area contributed by atoms with Crippen molar-refractivity contribution < 1.29 is 12.9 Å². The highest BCUT2D eigenvalue weighted by Crippen LogP contribution is 2.29. The third-order valence-electron chi connectivity index (χ3n) is 3.58. The van der Waals surface area contributed by atoms with Crippen molar-refractivity contribution >= 4 is 15.7 Å². The van der Waals surface area contributed by atoms with Crippen LogP contribution in [0.25, 0.3) is 11.5 Å². The maximum Gasteiger partial charge on any atom is 0.261 e. The number of hydrogen-bond acceptors (Lipinski definition) is 7. The molecular weight excluding hydrogens is 292 g/mol. The minimum absolute atomic E-state index is 0.132. The van der Waals surface area contributed by atoms with Gasteiger partial charge in [-0.1, -0.05) is 5.16 Å². The molecule has 1 aliphatic heterocycles. The highest BCUT2D eigenvalue weighted by molar-refractivity contribution is 7.92. The Kier molecular flexibility index (Phi) is 3.40. The predicted octanol–water partition coefficient (Wildman–Crippen LogP) is 1.06. The quantitative estimate of drug-likeness (QED) is 0.819. The molecule has 0 radical (unpaired) electrons. The van der Waals surface area contributed by atoms with Crippen LogP contribution in [0.5, 0.6) is 0 Å². The predicted molar refractivity (Wildman–Crippen MR) is 77.7 cm³/mol. The fourth-order valence-corrected chi connectivity index (χ4v) is 3.65. The van der Waals surface area contributed by atoms with Crippen molar-refractivity contribution in [1.82, 2.24) is 15.1 Å². The van der Waals surface area contributed by atoms with E-state index in [-0.39, 0.29) is 5.75 Å². The summed E-state index contributed by atoms with van der Waals surface area (Å²) in [6.07, 6.45) is 1.68. The second-order valence-electron chi connectivity index (χ2n) is 5.14. The molecule has 8 heteroatoms. The first-order chi connectivity index (χ1) is 9.97. The Morgan fingerprint density at radius 3 is 2.90 bits per heavy atom. The molecule has 0 amide bonds. The molecule has 1 fully saturated rings. The van der Waals surface area contributed by atoms with Crippen LogP contribution in [0.4, 0.5) is 5.82 Å². The van der Waals surface area contributed by atoms with Crippen LogP contribution in [0.1, 0.15) is 12.7 Å². The number of hydrogen-bond donors (Lipinski definition) is 0. The molecule has 0 aromatic carbocycles. The molecule has 3 heterocycles. The van der Waals surface area contributed by atoms with Gasteiger partial charge in [-0.15, -0.1) is 0 Å². The lowest BCUT2D eigenvalue weighted by Gasteiger charge is -2.32. The zero-order chi connectivity index (χ0) is 15.0. The van der Waals surface area contributed by atoms with Gasteiger partial charge in [-0.05, 0) is 26.0 Å². The first-order valence-corrected chi connectivity index (χ1v) is 8.41. The SMILES string of the molecule is Cc1noc(-c2cccnc2N2CCS(=O)(=O)[C@@H](C)C2)n1. The number of aryl methyl sites for hydroxylation is 1. The largest absolute Gasteiger partial charge is 0.354 e. The van der Waals surface area contributed by atoms with Gasteiger partial charge >= 0.3 is 0 Å². The Hall–Kier alpha value is -1.96. The molecular formula is C13H16N4O3S. The van der Waals surface area contributed by atoms with Gasteiger partial charge in [-0.3, -0.25) is 0 Å². The van der Waals surface area contributed by atoms with E-state index in [4.69, 9.17) is 4.52 Å². The summed E-state index contributed by atoms with van der Waals surface area (Å²) in [7, 11) is -3.00. The summed E-state index contributed by atoms with van der Waals surface area (Å²) in [5, 5.41) is 3.38. The van der Waals surface area contributed by atoms with Crippen LogP contribution in [0.3, 0.4) is 0 Å². The van der Waals surface area contributed by atoms with Crippen molar-refractivity contribution in [2.75, 3.05) is 23.7 Å². The third kappa shape index (κ3) is 2.63. The van der Waals surface area contributed by atoms with E-state index in [1.807, 2.05) is 11.0 Å². The van der Waals surface area contributed by atoms with E-state index in [2.05, 4.69) is 15.1 Å². The molecule has 0 N–H and O–H groups in total. The van der Waals surface area contributed by atoms with Gasteiger partial charge in [0.1, 0.15) is 5.82 Å². The second-order valence-corrected chi connectivity index (χ2v) is 7.68. The topological polar surface area (TPSA) is 89.2 Å². The van der Waals surface area contributed by atoms with Crippen molar-refractivity contribution in [2.24, 2.45) is 0 Å². The number of sulfone groups is 1. The zero-order valence-electron chi connectivity index (χ0n) is 11.9. The first kappa shape index (κ1) is 14.0. The molecule has 0 unspecified atom stereocenters. The summed E-state index contributed by atoms with van der Waals surface area (Å²) in [5.74, 6) is 1.77. The van der Waals surface area contributed by atoms with Crippen LogP contribution < -0.4 is 4.90 Å². The molecule has 2 aromatic heterocycles. The van der Waals surface area contributed by atoms with Crippen LogP contribution >= 0.6 is 0 Å². The Morgan fingerprint density at radius 2 is 2.24 bits per heavy atom. The maximum atomic E-state index is 11.8. The normalized spacial score (nSPS) is 21.4. The molecule has 2 aromatic rings. The third-order valence-corrected chi connectivity index (χ3v) is 5.71. The van der Waals surface area contributed by atoms with E-state index in [1.54, 1.807) is 26.1 Å². The minimum Gasteiger partial charge on any atom is -0.354 e. The summed E-state index contributed by atoms with van der Waals surface area (Å²) in [6, 6.07) is 3.64. The van der Waals surface area contributed by atoms with E-state index in [1.165, 1.54) is 0 Å². The van der Waals surface area contributed by atoms with E-state index in [0.29, 0.717) is 30.6 Å². The molecule has 0 bridgehead atoms. The number of aromatic nitrogens is 3. The highest BCUT2D eigenvalue weighted by atomic mass is 32.2. The van der Waals surface area contributed by atoms with Gasteiger partial charge in [-0.2, -0.15) is 4.98 Å². The van der Waals surface area contributed by atoms with Crippen molar-refractivity contribution in [3.8, 4) is 11.5 Å². The molecule has 3 rings (SSSR count). The van der Waals surface area contributed by atoms with E-state index in [0.717, 1.165) is 5.56 Å². The smallest absolute Gasteiger partial charge is 0.261 e. The molecule has 21 heavy (non-hydrogen) atoms. The van der Waals surface area contributed by atoms with E-state index in [9.17, 15) is 8.42 Å². The number of pyridine rings is 1. The average Bonchev–Trinajstić information content (AvgIpc) is 2.88. The van der Waals surface area contributed by atoms with Gasteiger partial charge in [0.25, 0.3) is 5.89 Å². The van der Waals surface area contributed by atoms with Crippen molar-refractivity contribution in [3.05, 3.63) is 24.2 Å². The van der Waals surface area contributed by atoms with E-state index < -0.39 is 15.1 Å². The molecule has 1 saturated heterocycles. The Balaban J connectivity index is 1.97. The van der Waals surface area contributed by atoms with Crippen LogP contribution in [-0.2, 0) is 9.84 Å². The first-order valence-electron chi connectivity index (χ1n) is 6.69. The van der Waals surface area contributed by atoms with Gasteiger partial charge in [0.05, 0.1) is 16.6 Å². The van der Waals surface area contributed by atoms with Gasteiger partial charge in [0.15, 0.2) is 15.7 Å². The van der Waals surface area contributed by atoms with Gasteiger partial charge in [-0.25, -0.2) is 13.4 Å². The van der Waals surface area contributed by atoms with Crippen molar-refractivity contribution in [2.45, 2.75) is 19.1 Å². The monoisotopic (exact) mass is 308 g/mol. The summed E-state index contributed by atoms with van der Waals surface area (Å²) >= 11 is 0. The van der Waals surface area contributed by atoms with Crippen LogP contribution in [0.2, 0.25) is 0 Å². The zero-order valence-corrected chi connectivity index (χ0v) is 12.7. The fourth-order valence-electron chi connectivity index (χ4n) is 2.37. The fraction of sp³-hybridized carbons (Fsp3) is 0.462. The Morgan fingerprint density at radius 1 is 1.43 bits per heavy atom. The number of rotatable bonds is 2. The maximum absolute atomic E-state index is 11.8. The van der Waals surface area contributed by atoms with Crippen LogP contribution in [0, 0.1) is 6.92 Å². The van der Waals surface area contributed by atoms with Crippen LogP contribution in [-0.4, -0.2) is 47.6 Å². The minimum atomic E-state index is -3.00. The van der Waals surface area contributed by atoms with E-state index >= 15 is 0 Å². The summed E-state index contributed by atoms with van der Waals surface area (Å²) in [4.78, 5) is 10.6. The molecule has 0 spiro atoms. The number of anilines is 1. The molecule has 0 aliphatic carbocycles. The van der Waals surface area contributed by atoms with Gasteiger partial charge in [0.2, 0.25) is 0 Å². The molecule has 1 aliphatic rings. The summed E-state index contributed by atoms with van der Waals surface area (Å²) in [5.41, 5.74) is 0.726.